The second kappa shape index (κ2) is 4.74. The average Bonchev–Trinajstić information content (AvgIpc) is 3.10. The van der Waals surface area contributed by atoms with Crippen LogP contribution in [0.4, 0.5) is 0 Å². The van der Waals surface area contributed by atoms with Crippen LogP contribution in [0.1, 0.15) is 0 Å². The fraction of sp³-hybridized carbons (Fsp3) is 0. The molecule has 0 aliphatic heterocycles. The lowest BCUT2D eigenvalue weighted by atomic mass is 10.0. The molecule has 0 N–H and O–H groups in total. The van der Waals surface area contributed by atoms with Crippen molar-refractivity contribution in [1.29, 1.82) is 0 Å². The molecule has 2 heterocycles. The Bertz CT molecular complexity index is 1180. The monoisotopic (exact) mass is 362 g/mol. The highest BCUT2D eigenvalue weighted by molar-refractivity contribution is 9.10. The highest BCUT2D eigenvalue weighted by Gasteiger charge is 2.15. The molecule has 0 radical (unpaired) electrons. The zero-order chi connectivity index (χ0) is 15.4. The summed E-state index contributed by atoms with van der Waals surface area (Å²) in [7, 11) is 0. The number of hydrogen-bond donors (Lipinski definition) is 0. The van der Waals surface area contributed by atoms with Gasteiger partial charge in [-0.3, -0.25) is 0 Å². The quantitative estimate of drug-likeness (QED) is 0.329. The zero-order valence-corrected chi connectivity index (χ0v) is 13.6. The van der Waals surface area contributed by atoms with Crippen LogP contribution in [0.2, 0.25) is 0 Å². The number of para-hydroxylation sites is 2. The third-order valence-electron chi connectivity index (χ3n) is 4.22. The number of halogens is 1. The van der Waals surface area contributed by atoms with E-state index in [9.17, 15) is 0 Å². The summed E-state index contributed by atoms with van der Waals surface area (Å²) in [6.07, 6.45) is 0. The maximum atomic E-state index is 6.00. The summed E-state index contributed by atoms with van der Waals surface area (Å²) < 4.78 is 12.6. The molecule has 0 unspecified atom stereocenters. The van der Waals surface area contributed by atoms with E-state index in [1.54, 1.807) is 0 Å². The Kier molecular flexibility index (Phi) is 2.67. The van der Waals surface area contributed by atoms with Gasteiger partial charge in [0.05, 0.1) is 0 Å². The summed E-state index contributed by atoms with van der Waals surface area (Å²) in [6.45, 7) is 0. The molecule has 3 heteroatoms. The van der Waals surface area contributed by atoms with Gasteiger partial charge in [0.15, 0.2) is 4.67 Å². The van der Waals surface area contributed by atoms with E-state index in [0.717, 1.165) is 48.7 Å². The van der Waals surface area contributed by atoms with Crippen molar-refractivity contribution in [1.82, 2.24) is 0 Å². The lowest BCUT2D eigenvalue weighted by molar-refractivity contribution is 0.589. The van der Waals surface area contributed by atoms with Gasteiger partial charge in [-0.15, -0.1) is 0 Å². The number of furan rings is 2. The third-order valence-corrected chi connectivity index (χ3v) is 4.78. The molecule has 0 bridgehead atoms. The molecule has 0 aliphatic carbocycles. The van der Waals surface area contributed by atoms with Crippen molar-refractivity contribution in [2.45, 2.75) is 0 Å². The van der Waals surface area contributed by atoms with Crippen LogP contribution in [-0.4, -0.2) is 0 Å². The first-order chi connectivity index (χ1) is 11.3. The summed E-state index contributed by atoms with van der Waals surface area (Å²) in [5.41, 5.74) is 4.81. The van der Waals surface area contributed by atoms with E-state index in [1.165, 1.54) is 0 Å². The van der Waals surface area contributed by atoms with E-state index in [-0.39, 0.29) is 0 Å². The van der Waals surface area contributed by atoms with Crippen LogP contribution in [0.5, 0.6) is 0 Å². The minimum atomic E-state index is 0.745. The van der Waals surface area contributed by atoms with Gasteiger partial charge in [0, 0.05) is 21.7 Å². The van der Waals surface area contributed by atoms with Gasteiger partial charge < -0.3 is 8.83 Å². The number of fused-ring (bicyclic) bond motifs is 4. The maximum Gasteiger partial charge on any atom is 0.178 e. The Morgan fingerprint density at radius 1 is 0.609 bits per heavy atom. The van der Waals surface area contributed by atoms with Crippen molar-refractivity contribution < 1.29 is 8.83 Å². The molecular formula is C20H11BrO2. The van der Waals surface area contributed by atoms with Gasteiger partial charge >= 0.3 is 0 Å². The van der Waals surface area contributed by atoms with Gasteiger partial charge in [0.25, 0.3) is 0 Å². The average molecular weight is 363 g/mol. The standard InChI is InChI=1S/C20H11BrO2/c21-20-19(15-6-2-4-8-17(15)23-20)12-9-10-14-13-5-1-3-7-16(13)22-18(14)11-12/h1-11H. The van der Waals surface area contributed by atoms with Crippen LogP contribution >= 0.6 is 15.9 Å². The predicted octanol–water partition coefficient (Wildman–Crippen LogP) is 6.76. The SMILES string of the molecule is Brc1oc2ccccc2c1-c1ccc2c(c1)oc1ccccc12. The van der Waals surface area contributed by atoms with Crippen LogP contribution in [0, 0.1) is 0 Å². The van der Waals surface area contributed by atoms with Crippen molar-refractivity contribution in [2.75, 3.05) is 0 Å². The van der Waals surface area contributed by atoms with E-state index in [0.29, 0.717) is 0 Å². The second-order valence-corrected chi connectivity index (χ2v) is 6.28. The lowest BCUT2D eigenvalue weighted by Gasteiger charge is -2.00. The van der Waals surface area contributed by atoms with E-state index < -0.39 is 0 Å². The lowest BCUT2D eigenvalue weighted by Crippen LogP contribution is -1.77. The van der Waals surface area contributed by atoms with Crippen LogP contribution in [-0.2, 0) is 0 Å². The summed E-state index contributed by atoms with van der Waals surface area (Å²) in [6, 6.07) is 22.5. The largest absolute Gasteiger partial charge is 0.456 e. The fourth-order valence-electron chi connectivity index (χ4n) is 3.17. The molecule has 2 nitrogen and oxygen atoms in total. The number of rotatable bonds is 1. The highest BCUT2D eigenvalue weighted by Crippen LogP contribution is 2.40. The topological polar surface area (TPSA) is 26.3 Å². The second-order valence-electron chi connectivity index (χ2n) is 5.56. The van der Waals surface area contributed by atoms with Crippen LogP contribution in [0.3, 0.4) is 0 Å². The predicted molar refractivity (Wildman–Crippen MR) is 96.6 cm³/mol. The van der Waals surface area contributed by atoms with Crippen LogP contribution in [0.15, 0.2) is 80.2 Å². The molecule has 0 aliphatic rings. The molecule has 5 aromatic rings. The molecule has 0 spiro atoms. The van der Waals surface area contributed by atoms with Crippen molar-refractivity contribution in [3.8, 4) is 11.1 Å². The Morgan fingerprint density at radius 2 is 1.26 bits per heavy atom. The highest BCUT2D eigenvalue weighted by atomic mass is 79.9. The molecule has 0 saturated heterocycles. The number of benzene rings is 3. The Morgan fingerprint density at radius 3 is 2.09 bits per heavy atom. The zero-order valence-electron chi connectivity index (χ0n) is 12.0. The number of hydrogen-bond acceptors (Lipinski definition) is 2. The van der Waals surface area contributed by atoms with Gasteiger partial charge in [0.2, 0.25) is 0 Å². The molecular weight excluding hydrogens is 352 g/mol. The molecule has 23 heavy (non-hydrogen) atoms. The normalized spacial score (nSPS) is 11.7. The fourth-order valence-corrected chi connectivity index (χ4v) is 3.78. The first-order valence-electron chi connectivity index (χ1n) is 7.40. The van der Waals surface area contributed by atoms with Crippen molar-refractivity contribution in [3.63, 3.8) is 0 Å². The summed E-state index contributed by atoms with van der Waals surface area (Å²) in [5.74, 6) is 0. The van der Waals surface area contributed by atoms with Crippen molar-refractivity contribution in [3.05, 3.63) is 71.4 Å². The molecule has 0 fully saturated rings. The minimum Gasteiger partial charge on any atom is -0.456 e. The van der Waals surface area contributed by atoms with Crippen molar-refractivity contribution >= 4 is 48.8 Å². The molecule has 0 saturated carbocycles. The summed E-state index contributed by atoms with van der Waals surface area (Å²) >= 11 is 3.55. The minimum absolute atomic E-state index is 0.745. The maximum absolute atomic E-state index is 6.00. The van der Waals surface area contributed by atoms with Gasteiger partial charge in [0.1, 0.15) is 16.7 Å². The van der Waals surface area contributed by atoms with Crippen LogP contribution < -0.4 is 0 Å². The Hall–Kier alpha value is -2.52. The first kappa shape index (κ1) is 13.0. The van der Waals surface area contributed by atoms with Gasteiger partial charge in [-0.25, -0.2) is 0 Å². The molecule has 5 rings (SSSR count). The first-order valence-corrected chi connectivity index (χ1v) is 8.19. The smallest absolute Gasteiger partial charge is 0.178 e. The summed E-state index contributed by atoms with van der Waals surface area (Å²) in [4.78, 5) is 0. The summed E-state index contributed by atoms with van der Waals surface area (Å²) in [5, 5.41) is 3.37. The van der Waals surface area contributed by atoms with E-state index in [4.69, 9.17) is 8.83 Å². The van der Waals surface area contributed by atoms with Crippen molar-refractivity contribution in [2.24, 2.45) is 0 Å². The van der Waals surface area contributed by atoms with E-state index in [1.807, 2.05) is 36.4 Å². The van der Waals surface area contributed by atoms with Gasteiger partial charge in [-0.1, -0.05) is 42.5 Å². The van der Waals surface area contributed by atoms with Gasteiger partial charge in [-0.2, -0.15) is 0 Å². The molecule has 0 amide bonds. The van der Waals surface area contributed by atoms with Crippen LogP contribution in [0.25, 0.3) is 44.0 Å². The molecule has 0 atom stereocenters. The van der Waals surface area contributed by atoms with E-state index >= 15 is 0 Å². The Balaban J connectivity index is 1.82. The molecule has 2 aromatic heterocycles. The van der Waals surface area contributed by atoms with Gasteiger partial charge in [-0.05, 0) is 45.8 Å². The Labute approximate surface area is 140 Å². The van der Waals surface area contributed by atoms with E-state index in [2.05, 4.69) is 46.3 Å². The molecule has 110 valence electrons. The third kappa shape index (κ3) is 1.87. The molecule has 3 aromatic carbocycles.